The third kappa shape index (κ3) is 6.88. The van der Waals surface area contributed by atoms with Crippen molar-refractivity contribution in [2.24, 2.45) is 5.16 Å². The zero-order valence-corrected chi connectivity index (χ0v) is 18.4. The summed E-state index contributed by atoms with van der Waals surface area (Å²) < 4.78 is 52.2. The lowest BCUT2D eigenvalue weighted by Gasteiger charge is -2.09. The molecule has 12 heteroatoms. The van der Waals surface area contributed by atoms with Gasteiger partial charge in [0, 0.05) is 5.56 Å². The van der Waals surface area contributed by atoms with Crippen LogP contribution in [0, 0.1) is 0 Å². The van der Waals surface area contributed by atoms with E-state index < -0.39 is 12.3 Å². The third-order valence-electron chi connectivity index (χ3n) is 4.25. The van der Waals surface area contributed by atoms with E-state index >= 15 is 0 Å². The molecule has 1 aromatic heterocycles. The number of hydrogen-bond acceptors (Lipinski definition) is 7. The van der Waals surface area contributed by atoms with Gasteiger partial charge >= 0.3 is 12.3 Å². The van der Waals surface area contributed by atoms with E-state index in [2.05, 4.69) is 15.0 Å². The number of hydrogen-bond donors (Lipinski definition) is 1. The van der Waals surface area contributed by atoms with Gasteiger partial charge in [0.15, 0.2) is 5.76 Å². The predicted octanol–water partition coefficient (Wildman–Crippen LogP) is 5.47. The number of carbonyl (C=O) groups is 1. The Bertz CT molecular complexity index is 1160. The van der Waals surface area contributed by atoms with Crippen molar-refractivity contribution in [1.29, 1.82) is 0 Å². The topological polar surface area (TPSA) is 103 Å². The zero-order valence-electron chi connectivity index (χ0n) is 17.6. The van der Waals surface area contributed by atoms with E-state index in [-0.39, 0.29) is 35.3 Å². The van der Waals surface area contributed by atoms with Gasteiger partial charge in [0.05, 0.1) is 23.2 Å². The molecule has 3 aromatic rings. The number of halogens is 4. The van der Waals surface area contributed by atoms with Gasteiger partial charge in [-0.3, -0.25) is 4.79 Å². The molecular formula is C22H18ClF3N2O6. The monoisotopic (exact) mass is 498 g/mol. The molecule has 0 amide bonds. The van der Waals surface area contributed by atoms with Gasteiger partial charge in [-0.05, 0) is 48.9 Å². The molecule has 0 radical (unpaired) electrons. The molecule has 0 aliphatic carbocycles. The number of carboxylic acid groups (broad SMARTS) is 1. The second-order valence-electron chi connectivity index (χ2n) is 6.72. The molecule has 2 aromatic carbocycles. The lowest BCUT2D eigenvalue weighted by Crippen LogP contribution is -2.16. The Kier molecular flexibility index (Phi) is 8.00. The minimum atomic E-state index is -4.81. The fourth-order valence-electron chi connectivity index (χ4n) is 2.84. The van der Waals surface area contributed by atoms with Gasteiger partial charge in [-0.15, -0.1) is 13.2 Å². The average molecular weight is 499 g/mol. The van der Waals surface area contributed by atoms with Gasteiger partial charge in [0.25, 0.3) is 0 Å². The number of aromatic nitrogens is 1. The molecule has 0 bridgehead atoms. The standard InChI is InChI=1S/C22H18ClF3N2O6/c1-2-32-27-11-16-18(12-31-19-9-13(10-20(29)30)3-8-17(19)23)28-34-21(16)14-4-6-15(7-5-14)33-22(24,25)26/h3-9,11H,2,10,12H2,1H3,(H,29,30). The summed E-state index contributed by atoms with van der Waals surface area (Å²) in [5, 5.41) is 17.0. The molecule has 0 saturated heterocycles. The maximum absolute atomic E-state index is 12.4. The van der Waals surface area contributed by atoms with Crippen LogP contribution in [0.15, 0.2) is 52.1 Å². The summed E-state index contributed by atoms with van der Waals surface area (Å²) in [6.45, 7) is 1.92. The molecule has 0 aliphatic rings. The molecule has 0 aliphatic heterocycles. The van der Waals surface area contributed by atoms with E-state index in [0.29, 0.717) is 29.0 Å². The van der Waals surface area contributed by atoms with E-state index in [1.807, 2.05) is 0 Å². The summed E-state index contributed by atoms with van der Waals surface area (Å²) in [6, 6.07) is 9.62. The summed E-state index contributed by atoms with van der Waals surface area (Å²) in [5.74, 6) is -0.937. The molecule has 8 nitrogen and oxygen atoms in total. The first-order valence-electron chi connectivity index (χ1n) is 9.79. The van der Waals surface area contributed by atoms with Crippen molar-refractivity contribution in [2.75, 3.05) is 6.61 Å². The number of benzene rings is 2. The van der Waals surface area contributed by atoms with Crippen molar-refractivity contribution in [3.05, 3.63) is 64.3 Å². The zero-order chi connectivity index (χ0) is 24.7. The van der Waals surface area contributed by atoms with E-state index in [1.54, 1.807) is 13.0 Å². The minimum Gasteiger partial charge on any atom is -0.486 e. The van der Waals surface area contributed by atoms with Crippen LogP contribution < -0.4 is 9.47 Å². The molecule has 0 unspecified atom stereocenters. The van der Waals surface area contributed by atoms with Crippen molar-refractivity contribution in [3.63, 3.8) is 0 Å². The number of rotatable bonds is 10. The highest BCUT2D eigenvalue weighted by atomic mass is 35.5. The summed E-state index contributed by atoms with van der Waals surface area (Å²) >= 11 is 6.15. The first-order valence-corrected chi connectivity index (χ1v) is 10.2. The van der Waals surface area contributed by atoms with Crippen LogP contribution >= 0.6 is 11.6 Å². The lowest BCUT2D eigenvalue weighted by atomic mass is 10.1. The first-order chi connectivity index (χ1) is 16.2. The lowest BCUT2D eigenvalue weighted by molar-refractivity contribution is -0.274. The molecule has 0 saturated carbocycles. The van der Waals surface area contributed by atoms with E-state index in [4.69, 9.17) is 30.8 Å². The van der Waals surface area contributed by atoms with Gasteiger partial charge in [-0.1, -0.05) is 28.0 Å². The molecule has 0 fully saturated rings. The van der Waals surface area contributed by atoms with Crippen molar-refractivity contribution in [2.45, 2.75) is 26.3 Å². The van der Waals surface area contributed by atoms with Crippen molar-refractivity contribution < 1.29 is 41.9 Å². The Morgan fingerprint density at radius 2 is 1.97 bits per heavy atom. The molecule has 3 rings (SSSR count). The quantitative estimate of drug-likeness (QED) is 0.292. The second-order valence-corrected chi connectivity index (χ2v) is 7.13. The summed E-state index contributed by atoms with van der Waals surface area (Å²) in [5.41, 5.74) is 1.57. The number of alkyl halides is 3. The minimum absolute atomic E-state index is 0.123. The summed E-state index contributed by atoms with van der Waals surface area (Å²) in [7, 11) is 0. The van der Waals surface area contributed by atoms with Gasteiger partial charge in [0.1, 0.15) is 30.4 Å². The van der Waals surface area contributed by atoms with Crippen LogP contribution in [-0.2, 0) is 22.7 Å². The average Bonchev–Trinajstić information content (AvgIpc) is 3.16. The maximum Gasteiger partial charge on any atom is 0.573 e. The second kappa shape index (κ2) is 10.9. The summed E-state index contributed by atoms with van der Waals surface area (Å²) in [6.07, 6.45) is -3.67. The highest BCUT2D eigenvalue weighted by molar-refractivity contribution is 6.32. The van der Waals surface area contributed by atoms with E-state index in [1.165, 1.54) is 30.5 Å². The smallest absolute Gasteiger partial charge is 0.486 e. The number of carboxylic acids is 1. The number of aliphatic carboxylic acids is 1. The molecule has 0 atom stereocenters. The van der Waals surface area contributed by atoms with Crippen molar-refractivity contribution in [1.82, 2.24) is 5.16 Å². The van der Waals surface area contributed by atoms with Crippen LogP contribution in [0.1, 0.15) is 23.7 Å². The maximum atomic E-state index is 12.4. The number of ether oxygens (including phenoxy) is 2. The van der Waals surface area contributed by atoms with E-state index in [9.17, 15) is 18.0 Å². The van der Waals surface area contributed by atoms with Gasteiger partial charge < -0.3 is 23.9 Å². The highest BCUT2D eigenvalue weighted by Crippen LogP contribution is 2.31. The highest BCUT2D eigenvalue weighted by Gasteiger charge is 2.31. The van der Waals surface area contributed by atoms with Crippen LogP contribution in [0.25, 0.3) is 11.3 Å². The van der Waals surface area contributed by atoms with Gasteiger partial charge in [0.2, 0.25) is 0 Å². The Morgan fingerprint density at radius 3 is 2.62 bits per heavy atom. The number of oxime groups is 1. The van der Waals surface area contributed by atoms with Crippen LogP contribution in [0.3, 0.4) is 0 Å². The molecule has 0 spiro atoms. The Balaban J connectivity index is 1.86. The van der Waals surface area contributed by atoms with Crippen LogP contribution in [0.5, 0.6) is 11.5 Å². The fraction of sp³-hybridized carbons (Fsp3) is 0.227. The van der Waals surface area contributed by atoms with Crippen molar-refractivity contribution >= 4 is 23.8 Å². The normalized spacial score (nSPS) is 11.6. The molecule has 180 valence electrons. The summed E-state index contributed by atoms with van der Waals surface area (Å²) in [4.78, 5) is 16.0. The van der Waals surface area contributed by atoms with E-state index in [0.717, 1.165) is 12.1 Å². The Labute approximate surface area is 196 Å². The van der Waals surface area contributed by atoms with Gasteiger partial charge in [-0.2, -0.15) is 0 Å². The SMILES string of the molecule is CCON=Cc1c(COc2cc(CC(=O)O)ccc2Cl)noc1-c1ccc(OC(F)(F)F)cc1. The van der Waals surface area contributed by atoms with Crippen molar-refractivity contribution in [3.8, 4) is 22.8 Å². The largest absolute Gasteiger partial charge is 0.573 e. The number of nitrogens with zero attached hydrogens (tertiary/aromatic N) is 2. The molecule has 1 heterocycles. The fourth-order valence-corrected chi connectivity index (χ4v) is 3.01. The molecule has 34 heavy (non-hydrogen) atoms. The third-order valence-corrected chi connectivity index (χ3v) is 4.57. The van der Waals surface area contributed by atoms with Crippen LogP contribution in [-0.4, -0.2) is 35.4 Å². The molecule has 1 N–H and O–H groups in total. The first kappa shape index (κ1) is 24.9. The van der Waals surface area contributed by atoms with Crippen LogP contribution in [0.4, 0.5) is 13.2 Å². The predicted molar refractivity (Wildman–Crippen MR) is 115 cm³/mol. The van der Waals surface area contributed by atoms with Crippen LogP contribution in [0.2, 0.25) is 5.02 Å². The molecular weight excluding hydrogens is 481 g/mol. The Hall–Kier alpha value is -3.73. The van der Waals surface area contributed by atoms with Gasteiger partial charge in [-0.25, -0.2) is 0 Å². The Morgan fingerprint density at radius 1 is 1.24 bits per heavy atom.